The predicted octanol–water partition coefficient (Wildman–Crippen LogP) is 1.75. The highest BCUT2D eigenvalue weighted by atomic mass is 16.5. The van der Waals surface area contributed by atoms with E-state index >= 15 is 0 Å². The van der Waals surface area contributed by atoms with Crippen molar-refractivity contribution in [3.05, 3.63) is 29.8 Å². The lowest BCUT2D eigenvalue weighted by Gasteiger charge is -2.24. The Labute approximate surface area is 122 Å². The Hall–Kier alpha value is -1.10. The molecule has 0 spiro atoms. The number of nitrogens with zero attached hydrogens (tertiary/aromatic N) is 1. The quantitative estimate of drug-likeness (QED) is 0.824. The summed E-state index contributed by atoms with van der Waals surface area (Å²) in [4.78, 5) is 2.37. The molecule has 0 radical (unpaired) electrons. The minimum absolute atomic E-state index is 0.498. The van der Waals surface area contributed by atoms with Crippen molar-refractivity contribution in [1.29, 1.82) is 0 Å². The molecule has 2 atom stereocenters. The van der Waals surface area contributed by atoms with Gasteiger partial charge in [0.25, 0.3) is 0 Å². The third kappa shape index (κ3) is 4.20. The van der Waals surface area contributed by atoms with E-state index in [9.17, 15) is 0 Å². The molecule has 112 valence electrons. The van der Waals surface area contributed by atoms with Crippen molar-refractivity contribution in [2.24, 2.45) is 5.92 Å². The van der Waals surface area contributed by atoms with Gasteiger partial charge >= 0.3 is 0 Å². The van der Waals surface area contributed by atoms with Crippen molar-refractivity contribution in [2.75, 3.05) is 40.5 Å². The molecule has 1 aliphatic rings. The van der Waals surface area contributed by atoms with Gasteiger partial charge in [-0.1, -0.05) is 19.1 Å². The van der Waals surface area contributed by atoms with Crippen molar-refractivity contribution in [3.8, 4) is 5.75 Å². The zero-order valence-electron chi connectivity index (χ0n) is 12.8. The molecule has 1 aliphatic heterocycles. The number of likely N-dealkylation sites (N-methyl/N-ethyl adjacent to an activating group) is 1. The fourth-order valence-corrected chi connectivity index (χ4v) is 2.77. The summed E-state index contributed by atoms with van der Waals surface area (Å²) in [6.07, 6.45) is 0. The van der Waals surface area contributed by atoms with Crippen molar-refractivity contribution in [2.45, 2.75) is 19.5 Å². The van der Waals surface area contributed by atoms with Crippen LogP contribution in [0.4, 0.5) is 0 Å². The first-order chi connectivity index (χ1) is 9.72. The van der Waals surface area contributed by atoms with Crippen LogP contribution in [0.3, 0.4) is 0 Å². The summed E-state index contributed by atoms with van der Waals surface area (Å²) in [5.74, 6) is 1.49. The zero-order chi connectivity index (χ0) is 14.4. The summed E-state index contributed by atoms with van der Waals surface area (Å²) in [7, 11) is 3.87. The van der Waals surface area contributed by atoms with E-state index in [1.54, 1.807) is 7.11 Å². The first-order valence-corrected chi connectivity index (χ1v) is 7.35. The number of methoxy groups -OCH3 is 1. The van der Waals surface area contributed by atoms with Crippen molar-refractivity contribution < 1.29 is 9.47 Å². The highest BCUT2D eigenvalue weighted by Crippen LogP contribution is 2.17. The summed E-state index contributed by atoms with van der Waals surface area (Å²) in [6, 6.07) is 8.79. The lowest BCUT2D eigenvalue weighted by atomic mass is 10.0. The van der Waals surface area contributed by atoms with Crippen LogP contribution in [-0.2, 0) is 11.3 Å². The second-order valence-electron chi connectivity index (χ2n) is 5.51. The Morgan fingerprint density at radius 2 is 2.05 bits per heavy atom. The number of nitrogens with one attached hydrogen (secondary N) is 1. The van der Waals surface area contributed by atoms with Gasteiger partial charge in [0.05, 0.1) is 20.3 Å². The summed E-state index contributed by atoms with van der Waals surface area (Å²) in [6.45, 7) is 6.88. The SMILES string of the molecule is CCNC1COCC1CN(C)Cc1ccc(OC)cc1. The van der Waals surface area contributed by atoms with Crippen molar-refractivity contribution in [3.63, 3.8) is 0 Å². The summed E-state index contributed by atoms with van der Waals surface area (Å²) in [5.41, 5.74) is 1.31. The summed E-state index contributed by atoms with van der Waals surface area (Å²) < 4.78 is 10.8. The summed E-state index contributed by atoms with van der Waals surface area (Å²) in [5, 5.41) is 3.51. The fourth-order valence-electron chi connectivity index (χ4n) is 2.77. The lowest BCUT2D eigenvalue weighted by Crippen LogP contribution is -2.40. The molecule has 1 aromatic carbocycles. The number of hydrogen-bond acceptors (Lipinski definition) is 4. The Morgan fingerprint density at radius 3 is 2.70 bits per heavy atom. The zero-order valence-corrected chi connectivity index (χ0v) is 12.8. The molecule has 0 aliphatic carbocycles. The molecule has 2 rings (SSSR count). The van der Waals surface area contributed by atoms with Crippen LogP contribution in [0.2, 0.25) is 0 Å². The second-order valence-corrected chi connectivity index (χ2v) is 5.51. The molecule has 1 aromatic rings. The van der Waals surface area contributed by atoms with Crippen LogP contribution < -0.4 is 10.1 Å². The minimum atomic E-state index is 0.498. The van der Waals surface area contributed by atoms with E-state index in [4.69, 9.17) is 9.47 Å². The molecule has 0 aromatic heterocycles. The third-order valence-electron chi connectivity index (χ3n) is 3.82. The topological polar surface area (TPSA) is 33.7 Å². The number of benzene rings is 1. The molecule has 1 heterocycles. The lowest BCUT2D eigenvalue weighted by molar-refractivity contribution is 0.172. The molecule has 2 unspecified atom stereocenters. The van der Waals surface area contributed by atoms with Crippen molar-refractivity contribution >= 4 is 0 Å². The van der Waals surface area contributed by atoms with Gasteiger partial charge < -0.3 is 19.7 Å². The molecule has 0 amide bonds. The van der Waals surface area contributed by atoms with Crippen LogP contribution in [-0.4, -0.2) is 51.4 Å². The molecule has 4 nitrogen and oxygen atoms in total. The highest BCUT2D eigenvalue weighted by Gasteiger charge is 2.28. The molecular weight excluding hydrogens is 252 g/mol. The smallest absolute Gasteiger partial charge is 0.118 e. The molecular formula is C16H26N2O2. The number of hydrogen-bond donors (Lipinski definition) is 1. The Kier molecular flexibility index (Phi) is 5.83. The molecule has 1 N–H and O–H groups in total. The van der Waals surface area contributed by atoms with Crippen LogP contribution in [0.1, 0.15) is 12.5 Å². The van der Waals surface area contributed by atoms with E-state index in [1.165, 1.54) is 5.56 Å². The molecule has 0 bridgehead atoms. The first kappa shape index (κ1) is 15.3. The van der Waals surface area contributed by atoms with Gasteiger partial charge in [0.2, 0.25) is 0 Å². The van der Waals surface area contributed by atoms with Gasteiger partial charge in [0.1, 0.15) is 5.75 Å². The average Bonchev–Trinajstić information content (AvgIpc) is 2.87. The molecule has 1 fully saturated rings. The molecule has 4 heteroatoms. The summed E-state index contributed by atoms with van der Waals surface area (Å²) >= 11 is 0. The maximum Gasteiger partial charge on any atom is 0.118 e. The second kappa shape index (κ2) is 7.62. The van der Waals surface area contributed by atoms with E-state index < -0.39 is 0 Å². The highest BCUT2D eigenvalue weighted by molar-refractivity contribution is 5.27. The largest absolute Gasteiger partial charge is 0.497 e. The molecule has 20 heavy (non-hydrogen) atoms. The van der Waals surface area contributed by atoms with Crippen LogP contribution >= 0.6 is 0 Å². The normalized spacial score (nSPS) is 22.4. The average molecular weight is 278 g/mol. The van der Waals surface area contributed by atoms with Crippen LogP contribution in [0.25, 0.3) is 0 Å². The van der Waals surface area contributed by atoms with Gasteiger partial charge in [-0.15, -0.1) is 0 Å². The van der Waals surface area contributed by atoms with Gasteiger partial charge in [-0.3, -0.25) is 0 Å². The van der Waals surface area contributed by atoms with Crippen LogP contribution in [0, 0.1) is 5.92 Å². The third-order valence-corrected chi connectivity index (χ3v) is 3.82. The van der Waals surface area contributed by atoms with E-state index in [1.807, 2.05) is 12.1 Å². The monoisotopic (exact) mass is 278 g/mol. The maximum absolute atomic E-state index is 5.60. The van der Waals surface area contributed by atoms with E-state index in [-0.39, 0.29) is 0 Å². The Bertz CT molecular complexity index is 394. The Morgan fingerprint density at radius 1 is 1.30 bits per heavy atom. The van der Waals surface area contributed by atoms with Crippen LogP contribution in [0.15, 0.2) is 24.3 Å². The van der Waals surface area contributed by atoms with Gasteiger partial charge in [-0.2, -0.15) is 0 Å². The number of ether oxygens (including phenoxy) is 2. The standard InChI is InChI=1S/C16H26N2O2/c1-4-17-16-12-20-11-14(16)10-18(2)9-13-5-7-15(19-3)8-6-13/h5-8,14,16-17H,4,9-12H2,1-3H3. The minimum Gasteiger partial charge on any atom is -0.497 e. The van der Waals surface area contributed by atoms with Gasteiger partial charge in [-0.25, -0.2) is 0 Å². The van der Waals surface area contributed by atoms with Crippen molar-refractivity contribution in [1.82, 2.24) is 10.2 Å². The Balaban J connectivity index is 1.83. The van der Waals surface area contributed by atoms with E-state index in [0.29, 0.717) is 12.0 Å². The van der Waals surface area contributed by atoms with Gasteiger partial charge in [0.15, 0.2) is 0 Å². The number of rotatable bonds is 7. The first-order valence-electron chi connectivity index (χ1n) is 7.35. The predicted molar refractivity (Wildman–Crippen MR) is 81.1 cm³/mol. The van der Waals surface area contributed by atoms with E-state index in [2.05, 4.69) is 36.3 Å². The molecule has 0 saturated carbocycles. The van der Waals surface area contributed by atoms with E-state index in [0.717, 1.165) is 38.6 Å². The fraction of sp³-hybridized carbons (Fsp3) is 0.625. The van der Waals surface area contributed by atoms with Gasteiger partial charge in [0, 0.05) is 25.0 Å². The molecule has 1 saturated heterocycles. The van der Waals surface area contributed by atoms with Gasteiger partial charge in [-0.05, 0) is 31.3 Å². The maximum atomic E-state index is 5.60. The van der Waals surface area contributed by atoms with Crippen LogP contribution in [0.5, 0.6) is 5.75 Å².